The standard InChI is InChI=1S/C15H20ClN3O/c1-11(2)19-9-7-14(8-10-19)17-18-15(20)12-3-5-13(16)6-4-12/h3-6,11H,7-10H2,1-2H3,(H,18,20). The van der Waals surface area contributed by atoms with E-state index in [4.69, 9.17) is 11.6 Å². The van der Waals surface area contributed by atoms with Crippen molar-refractivity contribution in [3.8, 4) is 0 Å². The molecule has 2 rings (SSSR count). The zero-order valence-electron chi connectivity index (χ0n) is 11.9. The van der Waals surface area contributed by atoms with E-state index in [1.807, 2.05) is 0 Å². The number of likely N-dealkylation sites (tertiary alicyclic amines) is 1. The Morgan fingerprint density at radius 3 is 2.40 bits per heavy atom. The third-order valence-electron chi connectivity index (χ3n) is 3.53. The Balaban J connectivity index is 1.87. The molecule has 0 spiro atoms. The van der Waals surface area contributed by atoms with Crippen LogP contribution in [0.15, 0.2) is 29.4 Å². The second-order valence-corrected chi connectivity index (χ2v) is 5.69. The third-order valence-corrected chi connectivity index (χ3v) is 3.78. The molecule has 0 bridgehead atoms. The third kappa shape index (κ3) is 4.05. The second-order valence-electron chi connectivity index (χ2n) is 5.26. The molecule has 1 aromatic rings. The summed E-state index contributed by atoms with van der Waals surface area (Å²) in [6, 6.07) is 7.36. The molecule has 5 heteroatoms. The topological polar surface area (TPSA) is 44.7 Å². The number of amides is 1. The molecule has 1 aromatic carbocycles. The van der Waals surface area contributed by atoms with Gasteiger partial charge in [0.2, 0.25) is 0 Å². The van der Waals surface area contributed by atoms with Gasteiger partial charge < -0.3 is 4.90 Å². The maximum absolute atomic E-state index is 11.9. The number of piperidine rings is 1. The first-order chi connectivity index (χ1) is 9.56. The first kappa shape index (κ1) is 15.0. The second kappa shape index (κ2) is 6.86. The lowest BCUT2D eigenvalue weighted by molar-refractivity contribution is 0.0954. The molecular weight excluding hydrogens is 274 g/mol. The Kier molecular flexibility index (Phi) is 5.15. The van der Waals surface area contributed by atoms with Crippen LogP contribution in [0.25, 0.3) is 0 Å². The fraction of sp³-hybridized carbons (Fsp3) is 0.467. The van der Waals surface area contributed by atoms with Crippen LogP contribution < -0.4 is 5.43 Å². The predicted molar refractivity (Wildman–Crippen MR) is 82.3 cm³/mol. The summed E-state index contributed by atoms with van der Waals surface area (Å²) in [6.07, 6.45) is 1.83. The van der Waals surface area contributed by atoms with E-state index >= 15 is 0 Å². The molecule has 4 nitrogen and oxygen atoms in total. The highest BCUT2D eigenvalue weighted by atomic mass is 35.5. The van der Waals surface area contributed by atoms with Gasteiger partial charge in [-0.05, 0) is 38.1 Å². The molecule has 0 atom stereocenters. The number of carbonyl (C=O) groups excluding carboxylic acids is 1. The lowest BCUT2D eigenvalue weighted by Gasteiger charge is -2.30. The number of nitrogens with zero attached hydrogens (tertiary/aromatic N) is 2. The summed E-state index contributed by atoms with van der Waals surface area (Å²) in [6.45, 7) is 6.41. The number of hydrogen-bond acceptors (Lipinski definition) is 3. The summed E-state index contributed by atoms with van der Waals surface area (Å²) >= 11 is 5.79. The highest BCUT2D eigenvalue weighted by molar-refractivity contribution is 6.30. The molecule has 108 valence electrons. The molecule has 0 aliphatic carbocycles. The van der Waals surface area contributed by atoms with Crippen LogP contribution in [-0.2, 0) is 0 Å². The van der Waals surface area contributed by atoms with Crippen LogP contribution in [0.1, 0.15) is 37.0 Å². The van der Waals surface area contributed by atoms with Crippen molar-refractivity contribution >= 4 is 23.2 Å². The summed E-state index contributed by atoms with van der Waals surface area (Å²) in [5.41, 5.74) is 4.25. The van der Waals surface area contributed by atoms with Crippen molar-refractivity contribution in [1.82, 2.24) is 10.3 Å². The Hall–Kier alpha value is -1.39. The molecular formula is C15H20ClN3O. The Labute approximate surface area is 124 Å². The van der Waals surface area contributed by atoms with E-state index in [0.29, 0.717) is 16.6 Å². The Morgan fingerprint density at radius 2 is 1.85 bits per heavy atom. The van der Waals surface area contributed by atoms with Crippen molar-refractivity contribution in [2.75, 3.05) is 13.1 Å². The van der Waals surface area contributed by atoms with Gasteiger partial charge >= 0.3 is 0 Å². The molecule has 1 N–H and O–H groups in total. The summed E-state index contributed by atoms with van der Waals surface area (Å²) in [5.74, 6) is -0.194. The van der Waals surface area contributed by atoms with E-state index in [-0.39, 0.29) is 5.91 Å². The molecule has 1 aliphatic rings. The zero-order chi connectivity index (χ0) is 14.5. The quantitative estimate of drug-likeness (QED) is 0.871. The van der Waals surface area contributed by atoms with E-state index < -0.39 is 0 Å². The van der Waals surface area contributed by atoms with Crippen LogP contribution in [0.3, 0.4) is 0 Å². The monoisotopic (exact) mass is 293 g/mol. The molecule has 1 amide bonds. The van der Waals surface area contributed by atoms with Crippen LogP contribution in [0.2, 0.25) is 5.02 Å². The minimum absolute atomic E-state index is 0.194. The number of hydrogen-bond donors (Lipinski definition) is 1. The van der Waals surface area contributed by atoms with Crippen molar-refractivity contribution < 1.29 is 4.79 Å². The fourth-order valence-electron chi connectivity index (χ4n) is 2.21. The minimum Gasteiger partial charge on any atom is -0.300 e. The fourth-order valence-corrected chi connectivity index (χ4v) is 2.33. The minimum atomic E-state index is -0.194. The van der Waals surface area contributed by atoms with Crippen LogP contribution in [0.4, 0.5) is 0 Å². The maximum Gasteiger partial charge on any atom is 0.271 e. The van der Waals surface area contributed by atoms with E-state index in [1.54, 1.807) is 24.3 Å². The van der Waals surface area contributed by atoms with Gasteiger partial charge in [-0.1, -0.05) is 11.6 Å². The first-order valence-corrected chi connectivity index (χ1v) is 7.29. The van der Waals surface area contributed by atoms with Crippen molar-refractivity contribution in [3.63, 3.8) is 0 Å². The van der Waals surface area contributed by atoms with Crippen LogP contribution in [-0.4, -0.2) is 35.7 Å². The molecule has 1 heterocycles. The van der Waals surface area contributed by atoms with E-state index in [0.717, 1.165) is 31.6 Å². The van der Waals surface area contributed by atoms with E-state index in [9.17, 15) is 4.79 Å². The van der Waals surface area contributed by atoms with Crippen LogP contribution >= 0.6 is 11.6 Å². The summed E-state index contributed by atoms with van der Waals surface area (Å²) in [5, 5.41) is 4.85. The van der Waals surface area contributed by atoms with Crippen LogP contribution in [0, 0.1) is 0 Å². The molecule has 1 saturated heterocycles. The highest BCUT2D eigenvalue weighted by Gasteiger charge is 2.17. The number of rotatable bonds is 3. The normalized spacial score (nSPS) is 16.3. The molecule has 0 unspecified atom stereocenters. The van der Waals surface area contributed by atoms with Gasteiger partial charge in [0.15, 0.2) is 0 Å². The number of halogens is 1. The SMILES string of the molecule is CC(C)N1CCC(=NNC(=O)c2ccc(Cl)cc2)CC1. The summed E-state index contributed by atoms with van der Waals surface area (Å²) in [4.78, 5) is 14.3. The van der Waals surface area contributed by atoms with Gasteiger partial charge in [0.1, 0.15) is 0 Å². The van der Waals surface area contributed by atoms with Crippen molar-refractivity contribution in [3.05, 3.63) is 34.9 Å². The van der Waals surface area contributed by atoms with Gasteiger partial charge in [0.05, 0.1) is 0 Å². The number of hydrazone groups is 1. The number of carbonyl (C=O) groups is 1. The zero-order valence-corrected chi connectivity index (χ0v) is 12.7. The average molecular weight is 294 g/mol. The molecule has 20 heavy (non-hydrogen) atoms. The predicted octanol–water partition coefficient (Wildman–Crippen LogP) is 2.93. The molecule has 0 radical (unpaired) electrons. The smallest absolute Gasteiger partial charge is 0.271 e. The molecule has 0 saturated carbocycles. The van der Waals surface area contributed by atoms with Crippen molar-refractivity contribution in [2.45, 2.75) is 32.7 Å². The summed E-state index contributed by atoms with van der Waals surface area (Å²) < 4.78 is 0. The van der Waals surface area contributed by atoms with Crippen molar-refractivity contribution in [2.24, 2.45) is 5.10 Å². The maximum atomic E-state index is 11.9. The van der Waals surface area contributed by atoms with Gasteiger partial charge in [-0.2, -0.15) is 5.10 Å². The lowest BCUT2D eigenvalue weighted by Crippen LogP contribution is -2.39. The van der Waals surface area contributed by atoms with Gasteiger partial charge in [-0.25, -0.2) is 5.43 Å². The Bertz CT molecular complexity index is 486. The first-order valence-electron chi connectivity index (χ1n) is 6.91. The van der Waals surface area contributed by atoms with Gasteiger partial charge in [0.25, 0.3) is 5.91 Å². The molecule has 1 fully saturated rings. The Morgan fingerprint density at radius 1 is 1.25 bits per heavy atom. The number of benzene rings is 1. The van der Waals surface area contributed by atoms with Gasteiger partial charge in [0, 0.05) is 48.3 Å². The highest BCUT2D eigenvalue weighted by Crippen LogP contribution is 2.11. The molecule has 0 aromatic heterocycles. The molecule has 1 aliphatic heterocycles. The largest absolute Gasteiger partial charge is 0.300 e. The van der Waals surface area contributed by atoms with Gasteiger partial charge in [-0.15, -0.1) is 0 Å². The number of nitrogens with one attached hydrogen (secondary N) is 1. The lowest BCUT2D eigenvalue weighted by atomic mass is 10.1. The van der Waals surface area contributed by atoms with Crippen molar-refractivity contribution in [1.29, 1.82) is 0 Å². The van der Waals surface area contributed by atoms with Gasteiger partial charge in [-0.3, -0.25) is 4.79 Å². The van der Waals surface area contributed by atoms with E-state index in [1.165, 1.54) is 0 Å². The van der Waals surface area contributed by atoms with E-state index in [2.05, 4.69) is 29.3 Å². The average Bonchev–Trinajstić information content (AvgIpc) is 2.46. The summed E-state index contributed by atoms with van der Waals surface area (Å²) in [7, 11) is 0. The van der Waals surface area contributed by atoms with Crippen LogP contribution in [0.5, 0.6) is 0 Å².